The second-order valence-corrected chi connectivity index (χ2v) is 9.21. The first kappa shape index (κ1) is 21.5. The van der Waals surface area contributed by atoms with E-state index in [2.05, 4.69) is 15.8 Å². The van der Waals surface area contributed by atoms with Gasteiger partial charge in [-0.3, -0.25) is 20.4 Å². The lowest BCUT2D eigenvalue weighted by Gasteiger charge is -2.12. The number of rotatable bonds is 6. The second kappa shape index (κ2) is 10.1. The molecule has 1 unspecified atom stereocenters. The summed E-state index contributed by atoms with van der Waals surface area (Å²) in [6.45, 7) is 2.60. The fraction of sp³-hybridized carbons (Fsp3) is 0.261. The van der Waals surface area contributed by atoms with Crippen molar-refractivity contribution in [3.8, 4) is 10.6 Å². The van der Waals surface area contributed by atoms with E-state index in [4.69, 9.17) is 4.74 Å². The maximum Gasteiger partial charge on any atom is 0.281 e. The molecule has 0 spiro atoms. The maximum atomic E-state index is 12.7. The number of hydrogen-bond acceptors (Lipinski definition) is 6. The normalized spacial score (nSPS) is 15.6. The van der Waals surface area contributed by atoms with Crippen LogP contribution in [0.4, 0.5) is 0 Å². The van der Waals surface area contributed by atoms with Gasteiger partial charge in [-0.2, -0.15) is 0 Å². The molecule has 2 aromatic carbocycles. The van der Waals surface area contributed by atoms with Gasteiger partial charge < -0.3 is 4.74 Å². The molecule has 1 aliphatic heterocycles. The fourth-order valence-electron chi connectivity index (χ4n) is 3.29. The summed E-state index contributed by atoms with van der Waals surface area (Å²) >= 11 is 2.90. The predicted molar refractivity (Wildman–Crippen MR) is 123 cm³/mol. The van der Waals surface area contributed by atoms with Gasteiger partial charge in [0.05, 0.1) is 17.4 Å². The fourth-order valence-corrected chi connectivity index (χ4v) is 5.37. The number of thiazole rings is 1. The number of amides is 2. The van der Waals surface area contributed by atoms with Crippen molar-refractivity contribution in [2.45, 2.75) is 30.8 Å². The highest BCUT2D eigenvalue weighted by atomic mass is 32.2. The van der Waals surface area contributed by atoms with E-state index in [9.17, 15) is 9.59 Å². The Hall–Kier alpha value is -2.68. The van der Waals surface area contributed by atoms with Crippen molar-refractivity contribution in [3.05, 3.63) is 70.7 Å². The zero-order chi connectivity index (χ0) is 21.6. The molecular weight excluding hydrogens is 430 g/mol. The summed E-state index contributed by atoms with van der Waals surface area (Å²) in [5.74, 6) is 0.0724. The van der Waals surface area contributed by atoms with Crippen LogP contribution in [0.1, 0.15) is 38.6 Å². The molecule has 2 heterocycles. The van der Waals surface area contributed by atoms with Crippen LogP contribution >= 0.6 is 23.1 Å². The highest BCUT2D eigenvalue weighted by molar-refractivity contribution is 7.99. The highest BCUT2D eigenvalue weighted by Gasteiger charge is 2.20. The minimum atomic E-state index is -0.380. The van der Waals surface area contributed by atoms with Gasteiger partial charge in [-0.05, 0) is 31.9 Å². The van der Waals surface area contributed by atoms with Crippen LogP contribution in [0.3, 0.4) is 0 Å². The Labute approximate surface area is 189 Å². The Balaban J connectivity index is 1.39. The van der Waals surface area contributed by atoms with E-state index in [1.165, 1.54) is 11.3 Å². The van der Waals surface area contributed by atoms with Crippen LogP contribution in [-0.2, 0) is 4.74 Å². The lowest BCUT2D eigenvalue weighted by atomic mass is 10.2. The molecule has 1 atom stereocenters. The van der Waals surface area contributed by atoms with Gasteiger partial charge in [0.1, 0.15) is 9.88 Å². The van der Waals surface area contributed by atoms with Gasteiger partial charge in [0.25, 0.3) is 11.8 Å². The highest BCUT2D eigenvalue weighted by Crippen LogP contribution is 2.28. The zero-order valence-electron chi connectivity index (χ0n) is 17.1. The summed E-state index contributed by atoms with van der Waals surface area (Å²) in [5, 5.41) is 0.769. The molecule has 0 aliphatic carbocycles. The van der Waals surface area contributed by atoms with E-state index in [0.717, 1.165) is 40.7 Å². The molecule has 0 saturated carbocycles. The number of hydrazine groups is 1. The van der Waals surface area contributed by atoms with Crippen LogP contribution in [-0.4, -0.2) is 35.3 Å². The van der Waals surface area contributed by atoms with Gasteiger partial charge in [0.15, 0.2) is 0 Å². The van der Waals surface area contributed by atoms with Gasteiger partial charge in [0, 0.05) is 22.8 Å². The first-order valence-electron chi connectivity index (χ1n) is 10.1. The molecule has 1 fully saturated rings. The lowest BCUT2D eigenvalue weighted by molar-refractivity contribution is 0.0846. The van der Waals surface area contributed by atoms with Gasteiger partial charge >= 0.3 is 0 Å². The Morgan fingerprint density at radius 3 is 2.61 bits per heavy atom. The molecular formula is C23H23N3O3S2. The second-order valence-electron chi connectivity index (χ2n) is 7.15. The van der Waals surface area contributed by atoms with Crippen molar-refractivity contribution in [3.63, 3.8) is 0 Å². The van der Waals surface area contributed by atoms with Crippen LogP contribution in [0.5, 0.6) is 0 Å². The molecule has 0 bridgehead atoms. The van der Waals surface area contributed by atoms with Crippen molar-refractivity contribution in [2.75, 3.05) is 12.4 Å². The number of nitrogens with zero attached hydrogens (tertiary/aromatic N) is 1. The minimum Gasteiger partial charge on any atom is -0.377 e. The Bertz CT molecular complexity index is 1060. The zero-order valence-corrected chi connectivity index (χ0v) is 18.7. The van der Waals surface area contributed by atoms with E-state index in [0.29, 0.717) is 16.1 Å². The molecule has 0 radical (unpaired) electrons. The van der Waals surface area contributed by atoms with Crippen LogP contribution in [0.2, 0.25) is 0 Å². The number of hydrogen-bond donors (Lipinski definition) is 2. The molecule has 3 aromatic rings. The SMILES string of the molecule is Cc1nc(-c2ccccc2)sc1C(=O)NNC(=O)c1ccccc1SCC1CCCO1. The monoisotopic (exact) mass is 453 g/mol. The van der Waals surface area contributed by atoms with E-state index in [1.54, 1.807) is 24.8 Å². The van der Waals surface area contributed by atoms with Crippen molar-refractivity contribution in [1.82, 2.24) is 15.8 Å². The van der Waals surface area contributed by atoms with Crippen molar-refractivity contribution < 1.29 is 14.3 Å². The Morgan fingerprint density at radius 2 is 1.84 bits per heavy atom. The van der Waals surface area contributed by atoms with Gasteiger partial charge in [-0.1, -0.05) is 42.5 Å². The molecule has 8 heteroatoms. The number of aryl methyl sites for hydroxylation is 1. The summed E-state index contributed by atoms with van der Waals surface area (Å²) in [4.78, 5) is 31.2. The topological polar surface area (TPSA) is 80.3 Å². The summed E-state index contributed by atoms with van der Waals surface area (Å²) in [7, 11) is 0. The minimum absolute atomic E-state index is 0.230. The molecule has 31 heavy (non-hydrogen) atoms. The summed E-state index contributed by atoms with van der Waals surface area (Å²) in [5.41, 5.74) is 7.17. The van der Waals surface area contributed by atoms with E-state index in [1.807, 2.05) is 48.5 Å². The summed E-state index contributed by atoms with van der Waals surface area (Å²) in [6, 6.07) is 17.1. The molecule has 1 saturated heterocycles. The smallest absolute Gasteiger partial charge is 0.281 e. The molecule has 2 amide bonds. The Morgan fingerprint density at radius 1 is 1.10 bits per heavy atom. The molecule has 1 aliphatic rings. The number of benzene rings is 2. The molecule has 1 aromatic heterocycles. The quantitative estimate of drug-likeness (QED) is 0.425. The number of ether oxygens (including phenoxy) is 1. The first-order chi connectivity index (χ1) is 15.1. The number of carbonyl (C=O) groups excluding carboxylic acids is 2. The number of nitrogens with one attached hydrogen (secondary N) is 2. The van der Waals surface area contributed by atoms with Crippen LogP contribution in [0.15, 0.2) is 59.5 Å². The van der Waals surface area contributed by atoms with Crippen LogP contribution < -0.4 is 10.9 Å². The number of carbonyl (C=O) groups is 2. The predicted octanol–water partition coefficient (Wildman–Crippen LogP) is 4.46. The third-order valence-electron chi connectivity index (χ3n) is 4.89. The molecule has 2 N–H and O–H groups in total. The van der Waals surface area contributed by atoms with Crippen LogP contribution in [0, 0.1) is 6.92 Å². The van der Waals surface area contributed by atoms with Crippen LogP contribution in [0.25, 0.3) is 10.6 Å². The number of thioether (sulfide) groups is 1. The van der Waals surface area contributed by atoms with Crippen molar-refractivity contribution >= 4 is 34.9 Å². The Kier molecular flexibility index (Phi) is 7.01. The molecule has 160 valence electrons. The lowest BCUT2D eigenvalue weighted by Crippen LogP contribution is -2.41. The standard InChI is InChI=1S/C23H23N3O3S2/c1-15-20(31-23(24-15)16-8-3-2-4-9-16)22(28)26-25-21(27)18-11-5-6-12-19(18)30-14-17-10-7-13-29-17/h2-6,8-9,11-12,17H,7,10,13-14H2,1H3,(H,25,27)(H,26,28). The van der Waals surface area contributed by atoms with Gasteiger partial charge in [-0.25, -0.2) is 4.98 Å². The van der Waals surface area contributed by atoms with E-state index < -0.39 is 0 Å². The third kappa shape index (κ3) is 5.33. The summed E-state index contributed by atoms with van der Waals surface area (Å²) in [6.07, 6.45) is 2.37. The molecule has 4 rings (SSSR count). The maximum absolute atomic E-state index is 12.7. The van der Waals surface area contributed by atoms with Gasteiger partial charge in [0.2, 0.25) is 0 Å². The average Bonchev–Trinajstić information content (AvgIpc) is 3.46. The molecule has 6 nitrogen and oxygen atoms in total. The van der Waals surface area contributed by atoms with Crippen molar-refractivity contribution in [1.29, 1.82) is 0 Å². The summed E-state index contributed by atoms with van der Waals surface area (Å²) < 4.78 is 5.66. The van der Waals surface area contributed by atoms with Gasteiger partial charge in [-0.15, -0.1) is 23.1 Å². The van der Waals surface area contributed by atoms with Crippen molar-refractivity contribution in [2.24, 2.45) is 0 Å². The largest absolute Gasteiger partial charge is 0.377 e. The third-order valence-corrected chi connectivity index (χ3v) is 7.30. The van der Waals surface area contributed by atoms with E-state index in [-0.39, 0.29) is 17.9 Å². The average molecular weight is 454 g/mol. The number of aromatic nitrogens is 1. The van der Waals surface area contributed by atoms with E-state index >= 15 is 0 Å². The first-order valence-corrected chi connectivity index (χ1v) is 11.9.